The molecule has 2 rings (SSSR count). The molecule has 2 saturated carbocycles. The Balaban J connectivity index is 2.22. The van der Waals surface area contributed by atoms with Crippen molar-refractivity contribution in [2.24, 2.45) is 0 Å². The van der Waals surface area contributed by atoms with Crippen LogP contribution in [0.15, 0.2) is 0 Å². The van der Waals surface area contributed by atoms with Gasteiger partial charge in [0, 0.05) is 6.42 Å². The molecule has 0 aromatic rings. The summed E-state index contributed by atoms with van der Waals surface area (Å²) in [5, 5.41) is 0. The van der Waals surface area contributed by atoms with Crippen LogP contribution in [0.3, 0.4) is 0 Å². The molecule has 0 unspecified atom stereocenters. The zero-order valence-electron chi connectivity index (χ0n) is 12.9. The van der Waals surface area contributed by atoms with Gasteiger partial charge in [-0.3, -0.25) is 5.82 Å². The van der Waals surface area contributed by atoms with Crippen molar-refractivity contribution in [3.8, 4) is 11.7 Å². The molecule has 0 spiro atoms. The van der Waals surface area contributed by atoms with Crippen molar-refractivity contribution in [3.05, 3.63) is 0 Å². The predicted octanol–water partition coefficient (Wildman–Crippen LogP) is 5.20. The molecule has 0 radical (unpaired) electrons. The van der Waals surface area contributed by atoms with E-state index in [1.807, 2.05) is 7.11 Å². The summed E-state index contributed by atoms with van der Waals surface area (Å²) in [6.07, 6.45) is 13.8. The lowest BCUT2D eigenvalue weighted by atomic mass is 9.23. The van der Waals surface area contributed by atoms with Crippen molar-refractivity contribution < 1.29 is 4.65 Å². The first-order chi connectivity index (χ1) is 9.33. The van der Waals surface area contributed by atoms with Gasteiger partial charge in [-0.2, -0.15) is 0 Å². The van der Waals surface area contributed by atoms with Crippen LogP contribution in [-0.4, -0.2) is 13.5 Å². The van der Waals surface area contributed by atoms with Crippen molar-refractivity contribution in [3.63, 3.8) is 0 Å². The molecule has 19 heavy (non-hydrogen) atoms. The molecular formula is C17H30BO-. The Morgan fingerprint density at radius 2 is 1.37 bits per heavy atom. The van der Waals surface area contributed by atoms with Gasteiger partial charge < -0.3 is 4.65 Å². The standard InChI is InChI=1S/C17H30BO/c1-3-4-15-18(19-2,16-11-7-5-8-12-16)17-13-9-6-10-14-17/h16-17H,3,5-14H2,1-2H3/q-1. The molecule has 0 aliphatic heterocycles. The topological polar surface area (TPSA) is 9.23 Å². The maximum atomic E-state index is 6.21. The molecule has 1 nitrogen and oxygen atoms in total. The fourth-order valence-corrected chi connectivity index (χ4v) is 4.58. The first-order valence-corrected chi connectivity index (χ1v) is 8.54. The van der Waals surface area contributed by atoms with Gasteiger partial charge in [0.05, 0.1) is 0 Å². The molecule has 0 bridgehead atoms. The van der Waals surface area contributed by atoms with Gasteiger partial charge in [-0.15, -0.1) is 17.6 Å². The third-order valence-electron chi connectivity index (χ3n) is 5.59. The number of rotatable bonds is 3. The third-order valence-corrected chi connectivity index (χ3v) is 5.59. The van der Waals surface area contributed by atoms with Crippen molar-refractivity contribution >= 4 is 6.35 Å². The summed E-state index contributed by atoms with van der Waals surface area (Å²) in [7, 11) is 1.94. The first-order valence-electron chi connectivity index (χ1n) is 8.54. The molecule has 0 aromatic carbocycles. The van der Waals surface area contributed by atoms with Gasteiger partial charge in [0.2, 0.25) is 0 Å². The maximum Gasteiger partial charge on any atom is 0.191 e. The molecule has 2 heteroatoms. The summed E-state index contributed by atoms with van der Waals surface area (Å²) >= 11 is 0. The van der Waals surface area contributed by atoms with Crippen molar-refractivity contribution in [1.29, 1.82) is 0 Å². The highest BCUT2D eigenvalue weighted by molar-refractivity contribution is 6.84. The lowest BCUT2D eigenvalue weighted by Crippen LogP contribution is -2.48. The minimum Gasteiger partial charge on any atom is -0.582 e. The smallest absolute Gasteiger partial charge is 0.191 e. The van der Waals surface area contributed by atoms with Crippen LogP contribution >= 0.6 is 0 Å². The molecule has 2 aliphatic rings. The summed E-state index contributed by atoms with van der Waals surface area (Å²) in [6.45, 7) is 2.16. The molecule has 0 N–H and O–H groups in total. The van der Waals surface area contributed by atoms with Gasteiger partial charge in [-0.25, -0.2) is 0 Å². The van der Waals surface area contributed by atoms with Gasteiger partial charge in [0.1, 0.15) is 0 Å². The molecular weight excluding hydrogens is 231 g/mol. The van der Waals surface area contributed by atoms with Crippen molar-refractivity contribution in [2.75, 3.05) is 7.11 Å². The molecule has 0 aromatic heterocycles. The molecule has 108 valence electrons. The maximum absolute atomic E-state index is 6.21. The highest BCUT2D eigenvalue weighted by Crippen LogP contribution is 2.48. The van der Waals surface area contributed by atoms with E-state index >= 15 is 0 Å². The second-order valence-electron chi connectivity index (χ2n) is 6.62. The first kappa shape index (κ1) is 15.0. The Morgan fingerprint density at radius 3 is 1.74 bits per heavy atom. The van der Waals surface area contributed by atoms with Crippen LogP contribution in [-0.2, 0) is 4.65 Å². The lowest BCUT2D eigenvalue weighted by molar-refractivity contribution is 0.331. The fraction of sp³-hybridized carbons (Fsp3) is 0.882. The van der Waals surface area contributed by atoms with Crippen LogP contribution in [0.1, 0.15) is 77.6 Å². The van der Waals surface area contributed by atoms with Crippen molar-refractivity contribution in [1.82, 2.24) is 0 Å². The van der Waals surface area contributed by atoms with Gasteiger partial charge in [-0.05, 0) is 7.11 Å². The van der Waals surface area contributed by atoms with E-state index in [-0.39, 0.29) is 0 Å². The highest BCUT2D eigenvalue weighted by Gasteiger charge is 2.39. The van der Waals surface area contributed by atoms with Crippen LogP contribution in [0.25, 0.3) is 0 Å². The zero-order valence-corrected chi connectivity index (χ0v) is 12.9. The van der Waals surface area contributed by atoms with Gasteiger partial charge >= 0.3 is 0 Å². The van der Waals surface area contributed by atoms with E-state index in [0.29, 0.717) is 0 Å². The minimum atomic E-state index is -0.903. The Hall–Kier alpha value is -0.415. The largest absolute Gasteiger partial charge is 0.582 e. The van der Waals surface area contributed by atoms with E-state index < -0.39 is 6.35 Å². The van der Waals surface area contributed by atoms with Gasteiger partial charge in [-0.1, -0.05) is 71.1 Å². The van der Waals surface area contributed by atoms with Crippen LogP contribution in [0.5, 0.6) is 0 Å². The monoisotopic (exact) mass is 261 g/mol. The quantitative estimate of drug-likeness (QED) is 0.501. The zero-order chi connectivity index (χ0) is 13.6. The Kier molecular flexibility index (Phi) is 5.83. The van der Waals surface area contributed by atoms with Crippen molar-refractivity contribution in [2.45, 2.75) is 89.2 Å². The van der Waals surface area contributed by atoms with E-state index in [1.54, 1.807) is 0 Å². The predicted molar refractivity (Wildman–Crippen MR) is 84.5 cm³/mol. The summed E-state index contributed by atoms with van der Waals surface area (Å²) in [5.74, 6) is 8.52. The lowest BCUT2D eigenvalue weighted by Gasteiger charge is -2.51. The number of hydrogen-bond donors (Lipinski definition) is 0. The Morgan fingerprint density at radius 1 is 0.895 bits per heavy atom. The van der Waals surface area contributed by atoms with Crippen LogP contribution in [0.4, 0.5) is 0 Å². The Bertz CT molecular complexity index is 298. The van der Waals surface area contributed by atoms with E-state index in [2.05, 4.69) is 18.7 Å². The summed E-state index contributed by atoms with van der Waals surface area (Å²) in [6, 6.07) is 0. The van der Waals surface area contributed by atoms with E-state index in [0.717, 1.165) is 18.1 Å². The van der Waals surface area contributed by atoms with Crippen LogP contribution in [0.2, 0.25) is 11.6 Å². The minimum absolute atomic E-state index is 0.737. The molecule has 2 fully saturated rings. The molecule has 2 aliphatic carbocycles. The molecule has 0 saturated heterocycles. The van der Waals surface area contributed by atoms with E-state index in [4.69, 9.17) is 4.65 Å². The second-order valence-corrected chi connectivity index (χ2v) is 6.62. The molecule has 0 atom stereocenters. The summed E-state index contributed by atoms with van der Waals surface area (Å²) in [4.78, 5) is 0. The third kappa shape index (κ3) is 3.37. The molecule has 0 heterocycles. The van der Waals surface area contributed by atoms with E-state index in [9.17, 15) is 0 Å². The average Bonchev–Trinajstić information content (AvgIpc) is 2.51. The highest BCUT2D eigenvalue weighted by atomic mass is 16.4. The fourth-order valence-electron chi connectivity index (χ4n) is 4.58. The normalized spacial score (nSPS) is 22.8. The van der Waals surface area contributed by atoms with Gasteiger partial charge in [0.25, 0.3) is 0 Å². The molecule has 0 amide bonds. The SMILES string of the molecule is CCC#C[B-](OC)(C1CCCCC1)C1CCCCC1. The summed E-state index contributed by atoms with van der Waals surface area (Å²) in [5.41, 5.74) is 0. The number of hydrogen-bond acceptors (Lipinski definition) is 1. The van der Waals surface area contributed by atoms with Gasteiger partial charge in [0.15, 0.2) is 6.35 Å². The average molecular weight is 261 g/mol. The Labute approximate surface area is 119 Å². The summed E-state index contributed by atoms with van der Waals surface area (Å²) < 4.78 is 6.21. The van der Waals surface area contributed by atoms with E-state index in [1.165, 1.54) is 64.2 Å². The van der Waals surface area contributed by atoms with Crippen LogP contribution in [0, 0.1) is 11.7 Å². The second kappa shape index (κ2) is 7.39. The van der Waals surface area contributed by atoms with Crippen LogP contribution < -0.4 is 0 Å².